The molecule has 0 aliphatic carbocycles. The average molecular weight is 392 g/mol. The lowest BCUT2D eigenvalue weighted by molar-refractivity contribution is 0.0696. The second-order valence-electron chi connectivity index (χ2n) is 7.35. The number of carbonyl (C=O) groups is 2. The number of nitrogens with one attached hydrogen (secondary N) is 1. The SMILES string of the molecule is O=C(O)c1ccc2nc(-c3cccc(C(=O)NCCN4CCCCC4)c3)cn2c1. The van der Waals surface area contributed by atoms with Gasteiger partial charge in [-0.2, -0.15) is 0 Å². The molecule has 1 aliphatic rings. The van der Waals surface area contributed by atoms with Gasteiger partial charge < -0.3 is 19.7 Å². The van der Waals surface area contributed by atoms with Gasteiger partial charge in [-0.15, -0.1) is 0 Å². The van der Waals surface area contributed by atoms with Gasteiger partial charge in [0, 0.05) is 36.6 Å². The molecule has 0 atom stereocenters. The molecule has 1 aromatic carbocycles. The normalized spacial score (nSPS) is 14.8. The van der Waals surface area contributed by atoms with Gasteiger partial charge in [0.2, 0.25) is 0 Å². The van der Waals surface area contributed by atoms with Crippen LogP contribution in [0.1, 0.15) is 40.0 Å². The van der Waals surface area contributed by atoms with E-state index in [4.69, 9.17) is 5.11 Å². The number of aromatic nitrogens is 2. The number of rotatable bonds is 6. The Morgan fingerprint density at radius 3 is 2.66 bits per heavy atom. The Morgan fingerprint density at radius 2 is 1.86 bits per heavy atom. The number of carboxylic acids is 1. The summed E-state index contributed by atoms with van der Waals surface area (Å²) in [7, 11) is 0. The van der Waals surface area contributed by atoms with Gasteiger partial charge in [-0.25, -0.2) is 9.78 Å². The molecule has 7 heteroatoms. The Morgan fingerprint density at radius 1 is 1.03 bits per heavy atom. The van der Waals surface area contributed by atoms with E-state index in [1.807, 2.05) is 18.2 Å². The van der Waals surface area contributed by atoms with E-state index >= 15 is 0 Å². The minimum atomic E-state index is -0.981. The highest BCUT2D eigenvalue weighted by molar-refractivity contribution is 5.95. The number of hydrogen-bond donors (Lipinski definition) is 2. The molecule has 1 saturated heterocycles. The Hall–Kier alpha value is -3.19. The maximum absolute atomic E-state index is 12.5. The fourth-order valence-electron chi connectivity index (χ4n) is 3.69. The zero-order valence-electron chi connectivity index (χ0n) is 16.2. The molecule has 1 amide bonds. The number of nitrogens with zero attached hydrogens (tertiary/aromatic N) is 3. The second-order valence-corrected chi connectivity index (χ2v) is 7.35. The van der Waals surface area contributed by atoms with Crippen LogP contribution in [0.3, 0.4) is 0 Å². The van der Waals surface area contributed by atoms with E-state index in [1.165, 1.54) is 31.5 Å². The summed E-state index contributed by atoms with van der Waals surface area (Å²) < 4.78 is 1.68. The highest BCUT2D eigenvalue weighted by Crippen LogP contribution is 2.21. The van der Waals surface area contributed by atoms with E-state index in [2.05, 4.69) is 15.2 Å². The number of imidazole rings is 1. The number of hydrogen-bond acceptors (Lipinski definition) is 4. The van der Waals surface area contributed by atoms with Crippen LogP contribution in [0.2, 0.25) is 0 Å². The van der Waals surface area contributed by atoms with Crippen LogP contribution < -0.4 is 5.32 Å². The lowest BCUT2D eigenvalue weighted by Gasteiger charge is -2.26. The lowest BCUT2D eigenvalue weighted by Crippen LogP contribution is -2.37. The second kappa shape index (κ2) is 8.45. The molecule has 1 aliphatic heterocycles. The van der Waals surface area contributed by atoms with E-state index in [0.29, 0.717) is 23.4 Å². The number of likely N-dealkylation sites (tertiary alicyclic amines) is 1. The fraction of sp³-hybridized carbons (Fsp3) is 0.318. The summed E-state index contributed by atoms with van der Waals surface area (Å²) in [6.45, 7) is 3.74. The molecule has 1 fully saturated rings. The number of amides is 1. The quantitative estimate of drug-likeness (QED) is 0.674. The number of benzene rings is 1. The molecule has 0 bridgehead atoms. The molecule has 3 heterocycles. The summed E-state index contributed by atoms with van der Waals surface area (Å²) in [5.74, 6) is -1.08. The van der Waals surface area contributed by atoms with Crippen LogP contribution in [0.4, 0.5) is 0 Å². The average Bonchev–Trinajstić information content (AvgIpc) is 3.18. The zero-order valence-corrected chi connectivity index (χ0v) is 16.2. The molecule has 7 nitrogen and oxygen atoms in total. The van der Waals surface area contributed by atoms with Crippen molar-refractivity contribution in [1.82, 2.24) is 19.6 Å². The minimum Gasteiger partial charge on any atom is -0.478 e. The standard InChI is InChI=1S/C22H24N4O3/c27-21(23-9-12-25-10-2-1-3-11-25)17-6-4-5-16(13-17)19-15-26-14-18(22(28)29)7-8-20(26)24-19/h4-8,13-15H,1-3,9-12H2,(H,23,27)(H,28,29). The number of pyridine rings is 1. The summed E-state index contributed by atoms with van der Waals surface area (Å²) >= 11 is 0. The van der Waals surface area contributed by atoms with E-state index < -0.39 is 5.97 Å². The number of carbonyl (C=O) groups excluding carboxylic acids is 1. The van der Waals surface area contributed by atoms with Crippen LogP contribution in [0.5, 0.6) is 0 Å². The third-order valence-corrected chi connectivity index (χ3v) is 5.28. The number of carboxylic acid groups (broad SMARTS) is 1. The van der Waals surface area contributed by atoms with E-state index in [-0.39, 0.29) is 11.5 Å². The van der Waals surface area contributed by atoms with Crippen molar-refractivity contribution < 1.29 is 14.7 Å². The number of fused-ring (bicyclic) bond motifs is 1. The molecule has 2 N–H and O–H groups in total. The molecule has 0 radical (unpaired) electrons. The Labute approximate surface area is 169 Å². The van der Waals surface area contributed by atoms with Crippen LogP contribution in [0, 0.1) is 0 Å². The maximum atomic E-state index is 12.5. The summed E-state index contributed by atoms with van der Waals surface area (Å²) in [4.78, 5) is 30.6. The summed E-state index contributed by atoms with van der Waals surface area (Å²) in [5.41, 5.74) is 2.94. The third-order valence-electron chi connectivity index (χ3n) is 5.28. The predicted octanol–water partition coefficient (Wildman–Crippen LogP) is 2.92. The largest absolute Gasteiger partial charge is 0.478 e. The van der Waals surface area contributed by atoms with Gasteiger partial charge in [-0.1, -0.05) is 18.6 Å². The predicted molar refractivity (Wildman–Crippen MR) is 110 cm³/mol. The molecule has 0 spiro atoms. The van der Waals surface area contributed by atoms with Crippen molar-refractivity contribution in [3.63, 3.8) is 0 Å². The van der Waals surface area contributed by atoms with Gasteiger partial charge in [-0.3, -0.25) is 4.79 Å². The Bertz CT molecular complexity index is 1040. The van der Waals surface area contributed by atoms with Crippen LogP contribution in [0.25, 0.3) is 16.9 Å². The smallest absolute Gasteiger partial charge is 0.337 e. The van der Waals surface area contributed by atoms with Crippen LogP contribution in [0.15, 0.2) is 48.8 Å². The molecular weight excluding hydrogens is 368 g/mol. The Balaban J connectivity index is 1.45. The molecule has 4 rings (SSSR count). The highest BCUT2D eigenvalue weighted by atomic mass is 16.4. The zero-order chi connectivity index (χ0) is 20.2. The first kappa shape index (κ1) is 19.1. The van der Waals surface area contributed by atoms with Gasteiger partial charge >= 0.3 is 5.97 Å². The molecule has 150 valence electrons. The molecule has 0 unspecified atom stereocenters. The van der Waals surface area contributed by atoms with Gasteiger partial charge in [-0.05, 0) is 50.2 Å². The minimum absolute atomic E-state index is 0.0965. The van der Waals surface area contributed by atoms with E-state index in [0.717, 1.165) is 25.2 Å². The third kappa shape index (κ3) is 4.46. The van der Waals surface area contributed by atoms with Crippen molar-refractivity contribution in [1.29, 1.82) is 0 Å². The van der Waals surface area contributed by atoms with Crippen molar-refractivity contribution in [2.75, 3.05) is 26.2 Å². The van der Waals surface area contributed by atoms with Gasteiger partial charge in [0.1, 0.15) is 5.65 Å². The van der Waals surface area contributed by atoms with Crippen LogP contribution >= 0.6 is 0 Å². The van der Waals surface area contributed by atoms with Crippen LogP contribution in [-0.4, -0.2) is 57.4 Å². The monoisotopic (exact) mass is 392 g/mol. The fourth-order valence-corrected chi connectivity index (χ4v) is 3.69. The topological polar surface area (TPSA) is 86.9 Å². The maximum Gasteiger partial charge on any atom is 0.337 e. The first-order chi connectivity index (χ1) is 14.1. The number of aromatic carboxylic acids is 1. The lowest BCUT2D eigenvalue weighted by atomic mass is 10.1. The Kier molecular flexibility index (Phi) is 5.57. The van der Waals surface area contributed by atoms with E-state index in [9.17, 15) is 9.59 Å². The number of piperidine rings is 1. The summed E-state index contributed by atoms with van der Waals surface area (Å²) in [6, 6.07) is 10.5. The van der Waals surface area contributed by atoms with Crippen molar-refractivity contribution in [3.05, 3.63) is 59.9 Å². The molecule has 3 aromatic rings. The summed E-state index contributed by atoms with van der Waals surface area (Å²) in [6.07, 6.45) is 7.09. The first-order valence-electron chi connectivity index (χ1n) is 9.93. The highest BCUT2D eigenvalue weighted by Gasteiger charge is 2.12. The van der Waals surface area contributed by atoms with E-state index in [1.54, 1.807) is 22.7 Å². The van der Waals surface area contributed by atoms with Crippen molar-refractivity contribution in [2.24, 2.45) is 0 Å². The van der Waals surface area contributed by atoms with Gasteiger partial charge in [0.05, 0.1) is 11.3 Å². The molecule has 2 aromatic heterocycles. The van der Waals surface area contributed by atoms with Gasteiger partial charge in [0.15, 0.2) is 0 Å². The molecule has 0 saturated carbocycles. The molecular formula is C22H24N4O3. The van der Waals surface area contributed by atoms with Gasteiger partial charge in [0.25, 0.3) is 5.91 Å². The van der Waals surface area contributed by atoms with Crippen LogP contribution in [-0.2, 0) is 0 Å². The first-order valence-corrected chi connectivity index (χ1v) is 9.93. The summed E-state index contributed by atoms with van der Waals surface area (Å²) in [5, 5.41) is 12.1. The van der Waals surface area contributed by atoms with Crippen molar-refractivity contribution in [3.8, 4) is 11.3 Å². The van der Waals surface area contributed by atoms with Crippen molar-refractivity contribution >= 4 is 17.5 Å². The molecule has 29 heavy (non-hydrogen) atoms. The van der Waals surface area contributed by atoms with Crippen molar-refractivity contribution in [2.45, 2.75) is 19.3 Å².